The van der Waals surface area contributed by atoms with Crippen LogP contribution in [0.3, 0.4) is 0 Å². The van der Waals surface area contributed by atoms with Crippen LogP contribution in [0.1, 0.15) is 12.6 Å². The van der Waals surface area contributed by atoms with Crippen LogP contribution in [-0.2, 0) is 0 Å². The van der Waals surface area contributed by atoms with E-state index in [9.17, 15) is 0 Å². The van der Waals surface area contributed by atoms with Crippen molar-refractivity contribution >= 4 is 32.4 Å². The van der Waals surface area contributed by atoms with Gasteiger partial charge in [0, 0.05) is 9.86 Å². The Kier molecular flexibility index (Phi) is 2.38. The van der Waals surface area contributed by atoms with E-state index in [0.717, 1.165) is 26.6 Å². The summed E-state index contributed by atoms with van der Waals surface area (Å²) in [5.41, 5.74) is 2.93. The summed E-state index contributed by atoms with van der Waals surface area (Å²) in [6.07, 6.45) is 0. The fourth-order valence-electron chi connectivity index (χ4n) is 1.35. The van der Waals surface area contributed by atoms with Crippen molar-refractivity contribution in [3.8, 4) is 0 Å². The first kappa shape index (κ1) is 9.41. The molecule has 0 amide bonds. The number of para-hydroxylation sites is 1. The van der Waals surface area contributed by atoms with Crippen LogP contribution in [-0.4, -0.2) is 4.98 Å². The number of hydrogen-bond acceptors (Lipinski definition) is 1. The Morgan fingerprint density at radius 1 is 1.29 bits per heavy atom. The summed E-state index contributed by atoms with van der Waals surface area (Å²) in [7, 11) is 0. The van der Waals surface area contributed by atoms with Crippen molar-refractivity contribution < 1.29 is 0 Å². The predicted octanol–water partition coefficient (Wildman–Crippen LogP) is 4.03. The van der Waals surface area contributed by atoms with Crippen molar-refractivity contribution in [2.24, 2.45) is 0 Å². The topological polar surface area (TPSA) is 12.9 Å². The second-order valence-corrected chi connectivity index (χ2v) is 4.14. The van der Waals surface area contributed by atoms with Crippen LogP contribution >= 0.6 is 15.9 Å². The maximum atomic E-state index is 4.53. The van der Waals surface area contributed by atoms with Gasteiger partial charge in [-0.25, -0.2) is 4.98 Å². The summed E-state index contributed by atoms with van der Waals surface area (Å²) in [6.45, 7) is 5.85. The highest BCUT2D eigenvalue weighted by molar-refractivity contribution is 9.10. The predicted molar refractivity (Wildman–Crippen MR) is 64.2 cm³/mol. The molecule has 1 aromatic heterocycles. The van der Waals surface area contributed by atoms with Crippen LogP contribution in [0.15, 0.2) is 41.4 Å². The number of hydrogen-bond donors (Lipinski definition) is 0. The largest absolute Gasteiger partial charge is 0.247 e. The Morgan fingerprint density at radius 2 is 2.07 bits per heavy atom. The fourth-order valence-corrected chi connectivity index (χ4v) is 1.82. The third-order valence-corrected chi connectivity index (χ3v) is 2.75. The molecule has 2 aromatic rings. The molecule has 14 heavy (non-hydrogen) atoms. The number of nitrogens with zero attached hydrogens (tertiary/aromatic N) is 1. The van der Waals surface area contributed by atoms with Gasteiger partial charge >= 0.3 is 0 Å². The molecule has 0 aliphatic heterocycles. The van der Waals surface area contributed by atoms with E-state index < -0.39 is 0 Å². The zero-order valence-electron chi connectivity index (χ0n) is 7.92. The van der Waals surface area contributed by atoms with Crippen molar-refractivity contribution in [2.75, 3.05) is 0 Å². The first-order valence-corrected chi connectivity index (χ1v) is 5.19. The molecule has 1 aromatic carbocycles. The summed E-state index contributed by atoms with van der Waals surface area (Å²) in [5, 5.41) is 1.14. The van der Waals surface area contributed by atoms with Crippen molar-refractivity contribution in [1.82, 2.24) is 4.98 Å². The number of pyridine rings is 1. The number of halogens is 1. The molecule has 0 saturated heterocycles. The van der Waals surface area contributed by atoms with Gasteiger partial charge in [0.1, 0.15) is 0 Å². The molecule has 0 spiro atoms. The van der Waals surface area contributed by atoms with Gasteiger partial charge in [-0.15, -0.1) is 0 Å². The quantitative estimate of drug-likeness (QED) is 0.742. The van der Waals surface area contributed by atoms with Crippen molar-refractivity contribution in [3.05, 3.63) is 47.1 Å². The SMILES string of the molecule is C=C(C)c1ccc2cccc(Br)c2n1. The Balaban J connectivity index is 2.76. The monoisotopic (exact) mass is 247 g/mol. The van der Waals surface area contributed by atoms with Crippen LogP contribution < -0.4 is 0 Å². The molecule has 0 atom stereocenters. The summed E-state index contributed by atoms with van der Waals surface area (Å²) < 4.78 is 1.03. The second-order valence-electron chi connectivity index (χ2n) is 3.29. The van der Waals surface area contributed by atoms with Gasteiger partial charge in [0.2, 0.25) is 0 Å². The number of allylic oxidation sites excluding steroid dienone is 1. The normalized spacial score (nSPS) is 10.4. The Hall–Kier alpha value is -1.15. The van der Waals surface area contributed by atoms with Gasteiger partial charge in [0.15, 0.2) is 0 Å². The molecular formula is C12H10BrN. The molecular weight excluding hydrogens is 238 g/mol. The van der Waals surface area contributed by atoms with Crippen LogP contribution in [0, 0.1) is 0 Å². The zero-order valence-corrected chi connectivity index (χ0v) is 9.51. The van der Waals surface area contributed by atoms with Crippen LogP contribution in [0.2, 0.25) is 0 Å². The molecule has 70 valence electrons. The van der Waals surface area contributed by atoms with Gasteiger partial charge in [-0.2, -0.15) is 0 Å². The van der Waals surface area contributed by atoms with Gasteiger partial charge in [0.05, 0.1) is 11.2 Å². The van der Waals surface area contributed by atoms with Gasteiger partial charge in [-0.3, -0.25) is 0 Å². The number of rotatable bonds is 1. The molecule has 2 heteroatoms. The lowest BCUT2D eigenvalue weighted by atomic mass is 10.1. The molecule has 2 rings (SSSR count). The average molecular weight is 248 g/mol. The summed E-state index contributed by atoms with van der Waals surface area (Å²) in [6, 6.07) is 10.1. The van der Waals surface area contributed by atoms with E-state index in [1.165, 1.54) is 0 Å². The van der Waals surface area contributed by atoms with Crippen LogP contribution in [0.5, 0.6) is 0 Å². The molecule has 0 aliphatic rings. The fraction of sp³-hybridized carbons (Fsp3) is 0.0833. The van der Waals surface area contributed by atoms with E-state index in [4.69, 9.17) is 0 Å². The highest BCUT2D eigenvalue weighted by atomic mass is 79.9. The first-order valence-electron chi connectivity index (χ1n) is 4.39. The molecule has 0 fully saturated rings. The molecule has 0 saturated carbocycles. The van der Waals surface area contributed by atoms with E-state index in [2.05, 4.69) is 39.6 Å². The molecule has 1 heterocycles. The molecule has 1 nitrogen and oxygen atoms in total. The average Bonchev–Trinajstić information content (AvgIpc) is 2.18. The Labute approximate surface area is 91.6 Å². The minimum atomic E-state index is 0.949. The Bertz CT molecular complexity index is 503. The lowest BCUT2D eigenvalue weighted by Gasteiger charge is -2.03. The summed E-state index contributed by atoms with van der Waals surface area (Å²) in [5.74, 6) is 0. The smallest absolute Gasteiger partial charge is 0.0851 e. The minimum Gasteiger partial charge on any atom is -0.247 e. The number of aromatic nitrogens is 1. The van der Waals surface area contributed by atoms with Crippen LogP contribution in [0.4, 0.5) is 0 Å². The van der Waals surface area contributed by atoms with Gasteiger partial charge in [-0.05, 0) is 40.6 Å². The Morgan fingerprint density at radius 3 is 2.79 bits per heavy atom. The van der Waals surface area contributed by atoms with Crippen molar-refractivity contribution in [2.45, 2.75) is 6.92 Å². The highest BCUT2D eigenvalue weighted by Gasteiger charge is 2.01. The first-order chi connectivity index (χ1) is 6.68. The molecule has 0 aliphatic carbocycles. The summed E-state index contributed by atoms with van der Waals surface area (Å²) in [4.78, 5) is 4.53. The van der Waals surface area contributed by atoms with E-state index in [-0.39, 0.29) is 0 Å². The van der Waals surface area contributed by atoms with Crippen LogP contribution in [0.25, 0.3) is 16.5 Å². The third-order valence-electron chi connectivity index (χ3n) is 2.11. The number of fused-ring (bicyclic) bond motifs is 1. The van der Waals surface area contributed by atoms with Gasteiger partial charge in [0.25, 0.3) is 0 Å². The van der Waals surface area contributed by atoms with E-state index >= 15 is 0 Å². The van der Waals surface area contributed by atoms with Crippen molar-refractivity contribution in [3.63, 3.8) is 0 Å². The minimum absolute atomic E-state index is 0.949. The third kappa shape index (κ3) is 1.58. The van der Waals surface area contributed by atoms with Gasteiger partial charge in [-0.1, -0.05) is 24.8 Å². The van der Waals surface area contributed by atoms with Gasteiger partial charge < -0.3 is 0 Å². The molecule has 0 unspecified atom stereocenters. The molecule has 0 radical (unpaired) electrons. The highest BCUT2D eigenvalue weighted by Crippen LogP contribution is 2.23. The number of benzene rings is 1. The van der Waals surface area contributed by atoms with E-state index in [0.29, 0.717) is 0 Å². The zero-order chi connectivity index (χ0) is 10.1. The maximum absolute atomic E-state index is 4.53. The second kappa shape index (κ2) is 3.54. The summed E-state index contributed by atoms with van der Waals surface area (Å²) >= 11 is 3.49. The lowest BCUT2D eigenvalue weighted by molar-refractivity contribution is 1.33. The molecule has 0 N–H and O–H groups in total. The maximum Gasteiger partial charge on any atom is 0.0851 e. The lowest BCUT2D eigenvalue weighted by Crippen LogP contribution is -1.86. The van der Waals surface area contributed by atoms with Crippen molar-refractivity contribution in [1.29, 1.82) is 0 Å². The van der Waals surface area contributed by atoms with E-state index in [1.54, 1.807) is 0 Å². The standard InChI is InChI=1S/C12H10BrN/c1-8(2)11-7-6-9-4-3-5-10(13)12(9)14-11/h3-7H,1H2,2H3. The molecule has 0 bridgehead atoms. The van der Waals surface area contributed by atoms with E-state index in [1.807, 2.05) is 25.1 Å².